The van der Waals surface area contributed by atoms with Gasteiger partial charge in [-0.25, -0.2) is 12.8 Å². The summed E-state index contributed by atoms with van der Waals surface area (Å²) in [4.78, 5) is 12.6. The molecule has 0 saturated carbocycles. The van der Waals surface area contributed by atoms with Crippen molar-refractivity contribution in [2.45, 2.75) is 26.3 Å². The van der Waals surface area contributed by atoms with Crippen molar-refractivity contribution in [3.05, 3.63) is 59.9 Å². The molecule has 25 heavy (non-hydrogen) atoms. The van der Waals surface area contributed by atoms with Crippen LogP contribution in [0, 0.1) is 12.7 Å². The molecule has 1 unspecified atom stereocenters. The van der Waals surface area contributed by atoms with Crippen LogP contribution in [0.4, 0.5) is 15.8 Å². The second-order valence-corrected chi connectivity index (χ2v) is 7.67. The predicted octanol–water partition coefficient (Wildman–Crippen LogP) is 3.32. The largest absolute Gasteiger partial charge is 0.324 e. The number of benzene rings is 2. The van der Waals surface area contributed by atoms with Crippen LogP contribution in [-0.4, -0.2) is 26.6 Å². The Hall–Kier alpha value is -2.41. The molecule has 5 nitrogen and oxygen atoms in total. The lowest BCUT2D eigenvalue weighted by molar-refractivity contribution is -0.117. The van der Waals surface area contributed by atoms with Gasteiger partial charge in [0.2, 0.25) is 15.9 Å². The van der Waals surface area contributed by atoms with Gasteiger partial charge in [0.05, 0.1) is 11.9 Å². The van der Waals surface area contributed by atoms with Gasteiger partial charge in [0.15, 0.2) is 0 Å². The summed E-state index contributed by atoms with van der Waals surface area (Å²) in [7, 11) is -3.67. The van der Waals surface area contributed by atoms with Gasteiger partial charge in [0, 0.05) is 5.69 Å². The van der Waals surface area contributed by atoms with Crippen molar-refractivity contribution in [1.82, 2.24) is 0 Å². The van der Waals surface area contributed by atoms with Crippen molar-refractivity contribution in [3.63, 3.8) is 0 Å². The topological polar surface area (TPSA) is 66.5 Å². The first-order valence-electron chi connectivity index (χ1n) is 7.85. The summed E-state index contributed by atoms with van der Waals surface area (Å²) in [5.74, 6) is -0.887. The van der Waals surface area contributed by atoms with Crippen LogP contribution in [0.15, 0.2) is 48.5 Å². The number of anilines is 2. The molecule has 0 spiro atoms. The Morgan fingerprint density at radius 1 is 1.12 bits per heavy atom. The van der Waals surface area contributed by atoms with E-state index in [2.05, 4.69) is 5.32 Å². The maximum atomic E-state index is 13.0. The van der Waals surface area contributed by atoms with E-state index in [0.717, 1.165) is 16.1 Å². The number of hydrogen-bond donors (Lipinski definition) is 1. The summed E-state index contributed by atoms with van der Waals surface area (Å²) in [6, 6.07) is 11.3. The van der Waals surface area contributed by atoms with E-state index in [1.807, 2.05) is 6.92 Å². The molecule has 1 atom stereocenters. The fraction of sp³-hybridized carbons (Fsp3) is 0.278. The number of aryl methyl sites for hydroxylation is 1. The van der Waals surface area contributed by atoms with Gasteiger partial charge in [-0.1, -0.05) is 24.6 Å². The first-order chi connectivity index (χ1) is 11.7. The zero-order valence-corrected chi connectivity index (χ0v) is 15.2. The number of carbonyl (C=O) groups excluding carboxylic acids is 1. The molecular weight excluding hydrogens is 343 g/mol. The number of amides is 1. The lowest BCUT2D eigenvalue weighted by Gasteiger charge is -2.30. The van der Waals surface area contributed by atoms with E-state index in [0.29, 0.717) is 11.4 Å². The summed E-state index contributed by atoms with van der Waals surface area (Å²) >= 11 is 0. The normalized spacial score (nSPS) is 12.5. The maximum absolute atomic E-state index is 13.0. The molecule has 0 heterocycles. The van der Waals surface area contributed by atoms with E-state index < -0.39 is 27.8 Å². The quantitative estimate of drug-likeness (QED) is 0.855. The van der Waals surface area contributed by atoms with Crippen molar-refractivity contribution in [3.8, 4) is 0 Å². The number of sulfonamides is 1. The third kappa shape index (κ3) is 4.79. The van der Waals surface area contributed by atoms with Crippen molar-refractivity contribution < 1.29 is 17.6 Å². The molecule has 0 aromatic heterocycles. The highest BCUT2D eigenvalue weighted by Gasteiger charge is 2.31. The molecule has 0 fully saturated rings. The monoisotopic (exact) mass is 364 g/mol. The van der Waals surface area contributed by atoms with Gasteiger partial charge in [0.25, 0.3) is 0 Å². The van der Waals surface area contributed by atoms with Crippen LogP contribution >= 0.6 is 0 Å². The van der Waals surface area contributed by atoms with Crippen LogP contribution in [0.3, 0.4) is 0 Å². The van der Waals surface area contributed by atoms with Gasteiger partial charge in [-0.15, -0.1) is 0 Å². The number of hydrogen-bond acceptors (Lipinski definition) is 3. The summed E-state index contributed by atoms with van der Waals surface area (Å²) < 4.78 is 38.7. The Bertz CT molecular complexity index is 834. The summed E-state index contributed by atoms with van der Waals surface area (Å²) in [5.41, 5.74) is 1.82. The molecule has 7 heteroatoms. The summed E-state index contributed by atoms with van der Waals surface area (Å²) in [5, 5.41) is 2.64. The van der Waals surface area contributed by atoms with Crippen LogP contribution in [0.1, 0.15) is 18.9 Å². The van der Waals surface area contributed by atoms with E-state index in [-0.39, 0.29) is 6.42 Å². The molecule has 2 aromatic carbocycles. The number of halogens is 1. The van der Waals surface area contributed by atoms with E-state index >= 15 is 0 Å². The summed E-state index contributed by atoms with van der Waals surface area (Å²) in [6.45, 7) is 3.63. The molecule has 1 N–H and O–H groups in total. The number of carbonyl (C=O) groups is 1. The van der Waals surface area contributed by atoms with Crippen LogP contribution in [0.2, 0.25) is 0 Å². The van der Waals surface area contributed by atoms with E-state index in [1.54, 1.807) is 31.2 Å². The Morgan fingerprint density at radius 3 is 2.16 bits per heavy atom. The molecule has 0 bridgehead atoms. The number of rotatable bonds is 6. The highest BCUT2D eigenvalue weighted by molar-refractivity contribution is 7.92. The molecule has 1 amide bonds. The Morgan fingerprint density at radius 2 is 1.68 bits per heavy atom. The van der Waals surface area contributed by atoms with E-state index in [1.165, 1.54) is 24.3 Å². The van der Waals surface area contributed by atoms with Crippen LogP contribution in [0.5, 0.6) is 0 Å². The summed E-state index contributed by atoms with van der Waals surface area (Å²) in [6.07, 6.45) is 1.36. The van der Waals surface area contributed by atoms with Gasteiger partial charge < -0.3 is 5.32 Å². The fourth-order valence-electron chi connectivity index (χ4n) is 2.51. The molecular formula is C18H21FN2O3S. The molecule has 134 valence electrons. The second kappa shape index (κ2) is 7.65. The van der Waals surface area contributed by atoms with Crippen molar-refractivity contribution in [1.29, 1.82) is 0 Å². The first kappa shape index (κ1) is 18.9. The SMILES string of the molecule is CCC(C(=O)Nc1ccc(F)cc1)N(c1ccc(C)cc1)S(C)(=O)=O. The smallest absolute Gasteiger partial charge is 0.248 e. The Balaban J connectivity index is 2.34. The predicted molar refractivity (Wildman–Crippen MR) is 97.6 cm³/mol. The van der Waals surface area contributed by atoms with E-state index in [4.69, 9.17) is 0 Å². The lowest BCUT2D eigenvalue weighted by Crippen LogP contribution is -2.47. The molecule has 0 aliphatic heterocycles. The molecule has 0 aliphatic carbocycles. The standard InChI is InChI=1S/C18H21FN2O3S/c1-4-17(18(22)20-15-9-7-14(19)8-10-15)21(25(3,23)24)16-11-5-13(2)6-12-16/h5-12,17H,4H2,1-3H3,(H,20,22). The minimum absolute atomic E-state index is 0.286. The Labute approximate surface area is 147 Å². The molecule has 0 saturated heterocycles. The molecule has 2 aromatic rings. The number of nitrogens with one attached hydrogen (secondary N) is 1. The van der Waals surface area contributed by atoms with Gasteiger partial charge in [-0.3, -0.25) is 9.10 Å². The Kier molecular flexibility index (Phi) is 5.79. The van der Waals surface area contributed by atoms with E-state index in [9.17, 15) is 17.6 Å². The third-order valence-electron chi connectivity index (χ3n) is 3.73. The minimum Gasteiger partial charge on any atom is -0.324 e. The number of nitrogens with zero attached hydrogens (tertiary/aromatic N) is 1. The maximum Gasteiger partial charge on any atom is 0.248 e. The average molecular weight is 364 g/mol. The second-order valence-electron chi connectivity index (χ2n) is 5.81. The molecule has 2 rings (SSSR count). The lowest BCUT2D eigenvalue weighted by atomic mass is 10.1. The first-order valence-corrected chi connectivity index (χ1v) is 9.69. The van der Waals surface area contributed by atoms with Crippen molar-refractivity contribution in [2.24, 2.45) is 0 Å². The minimum atomic E-state index is -3.67. The van der Waals surface area contributed by atoms with Gasteiger partial charge in [-0.05, 0) is 49.7 Å². The van der Waals surface area contributed by atoms with Crippen molar-refractivity contribution in [2.75, 3.05) is 15.9 Å². The third-order valence-corrected chi connectivity index (χ3v) is 4.91. The van der Waals surface area contributed by atoms with Crippen molar-refractivity contribution >= 4 is 27.3 Å². The fourth-order valence-corrected chi connectivity index (χ4v) is 3.72. The van der Waals surface area contributed by atoms with Crippen LogP contribution < -0.4 is 9.62 Å². The van der Waals surface area contributed by atoms with Gasteiger partial charge in [0.1, 0.15) is 11.9 Å². The highest BCUT2D eigenvalue weighted by Crippen LogP contribution is 2.23. The highest BCUT2D eigenvalue weighted by atomic mass is 32.2. The molecule has 0 aliphatic rings. The average Bonchev–Trinajstić information content (AvgIpc) is 2.54. The van der Waals surface area contributed by atoms with Gasteiger partial charge >= 0.3 is 0 Å². The zero-order chi connectivity index (χ0) is 18.6. The zero-order valence-electron chi connectivity index (χ0n) is 14.4. The van der Waals surface area contributed by atoms with Crippen LogP contribution in [-0.2, 0) is 14.8 Å². The molecule has 0 radical (unpaired) electrons. The van der Waals surface area contributed by atoms with Gasteiger partial charge in [-0.2, -0.15) is 0 Å². The van der Waals surface area contributed by atoms with Crippen LogP contribution in [0.25, 0.3) is 0 Å².